The van der Waals surface area contributed by atoms with Crippen molar-refractivity contribution in [3.8, 4) is 6.07 Å². The maximum atomic E-state index is 15.3. The standard InChI is InChI=1S/C23H19Cl3F2N4O3/c1-2-9-32(18(33)7-8-29)20-16(27)5-6-17(19(20)28)31-21(34)13-10-12(3-4-15(13)24)30-22(35)14-11-23(14,25)26/h3-6,10,14H,2,7,9,11H2,1H3,(H,30,35)(H,31,34). The molecule has 0 saturated heterocycles. The molecule has 0 aromatic heterocycles. The number of hydrogen-bond acceptors (Lipinski definition) is 4. The van der Waals surface area contributed by atoms with Gasteiger partial charge in [0, 0.05) is 12.2 Å². The predicted octanol–water partition coefficient (Wildman–Crippen LogP) is 5.66. The van der Waals surface area contributed by atoms with E-state index in [0.717, 1.165) is 17.0 Å². The number of hydrogen-bond donors (Lipinski definition) is 2. The van der Waals surface area contributed by atoms with Crippen LogP contribution in [0, 0.1) is 28.9 Å². The van der Waals surface area contributed by atoms with Gasteiger partial charge in [-0.2, -0.15) is 5.26 Å². The Kier molecular flexibility index (Phi) is 8.21. The van der Waals surface area contributed by atoms with Crippen molar-refractivity contribution in [1.29, 1.82) is 5.26 Å². The fraction of sp³-hybridized carbons (Fsp3) is 0.304. The first-order chi connectivity index (χ1) is 16.5. The first-order valence-electron chi connectivity index (χ1n) is 10.4. The van der Waals surface area contributed by atoms with Crippen LogP contribution in [-0.2, 0) is 9.59 Å². The Balaban J connectivity index is 1.86. The van der Waals surface area contributed by atoms with Crippen LogP contribution in [0.4, 0.5) is 25.8 Å². The first kappa shape index (κ1) is 26.7. The summed E-state index contributed by atoms with van der Waals surface area (Å²) in [6.45, 7) is 1.66. The van der Waals surface area contributed by atoms with Crippen molar-refractivity contribution in [1.82, 2.24) is 0 Å². The quantitative estimate of drug-likeness (QED) is 0.420. The molecule has 0 radical (unpaired) electrons. The summed E-state index contributed by atoms with van der Waals surface area (Å²) >= 11 is 17.9. The van der Waals surface area contributed by atoms with Gasteiger partial charge in [0.1, 0.15) is 22.3 Å². The average Bonchev–Trinajstić information content (AvgIpc) is 3.44. The highest BCUT2D eigenvalue weighted by atomic mass is 35.5. The Bertz CT molecular complexity index is 1230. The van der Waals surface area contributed by atoms with Crippen LogP contribution in [0.3, 0.4) is 0 Å². The minimum absolute atomic E-state index is 0.00973. The minimum Gasteiger partial charge on any atom is -0.326 e. The molecule has 1 aliphatic rings. The number of benzene rings is 2. The molecule has 184 valence electrons. The van der Waals surface area contributed by atoms with Gasteiger partial charge in [0.25, 0.3) is 5.91 Å². The van der Waals surface area contributed by atoms with E-state index in [1.807, 2.05) is 0 Å². The third-order valence-corrected chi connectivity index (χ3v) is 6.35. The van der Waals surface area contributed by atoms with Crippen molar-refractivity contribution in [2.45, 2.75) is 30.5 Å². The zero-order valence-electron chi connectivity index (χ0n) is 18.3. The fourth-order valence-corrected chi connectivity index (χ4v) is 4.04. The third kappa shape index (κ3) is 6.01. The van der Waals surface area contributed by atoms with E-state index < -0.39 is 57.4 Å². The van der Waals surface area contributed by atoms with E-state index in [1.54, 1.807) is 13.0 Å². The number of nitriles is 1. The van der Waals surface area contributed by atoms with E-state index in [0.29, 0.717) is 12.8 Å². The molecule has 1 aliphatic carbocycles. The lowest BCUT2D eigenvalue weighted by molar-refractivity contribution is -0.118. The maximum Gasteiger partial charge on any atom is 0.257 e. The summed E-state index contributed by atoms with van der Waals surface area (Å²) < 4.78 is 28.6. The average molecular weight is 544 g/mol. The van der Waals surface area contributed by atoms with Crippen LogP contribution in [0.25, 0.3) is 0 Å². The number of nitrogens with one attached hydrogen (secondary N) is 2. The second-order valence-electron chi connectivity index (χ2n) is 7.79. The molecule has 3 rings (SSSR count). The molecule has 0 aliphatic heterocycles. The number of carbonyl (C=O) groups is 3. The number of nitrogens with zero attached hydrogens (tertiary/aromatic N) is 2. The molecule has 1 fully saturated rings. The molecule has 3 amide bonds. The lowest BCUT2D eigenvalue weighted by Gasteiger charge is -2.23. The molecule has 2 N–H and O–H groups in total. The fourth-order valence-electron chi connectivity index (χ4n) is 3.33. The van der Waals surface area contributed by atoms with Gasteiger partial charge < -0.3 is 15.5 Å². The molecular weight excluding hydrogens is 525 g/mol. The number of amides is 3. The van der Waals surface area contributed by atoms with Crippen molar-refractivity contribution >= 4 is 69.6 Å². The lowest BCUT2D eigenvalue weighted by Crippen LogP contribution is -2.33. The van der Waals surface area contributed by atoms with Crippen LogP contribution in [0.1, 0.15) is 36.5 Å². The molecular formula is C23H19Cl3F2N4O3. The molecule has 12 heteroatoms. The summed E-state index contributed by atoms with van der Waals surface area (Å²) in [6.07, 6.45) is 0.0934. The van der Waals surface area contributed by atoms with E-state index >= 15 is 4.39 Å². The molecule has 0 bridgehead atoms. The van der Waals surface area contributed by atoms with Crippen molar-refractivity contribution in [2.24, 2.45) is 5.92 Å². The zero-order valence-corrected chi connectivity index (χ0v) is 20.6. The summed E-state index contributed by atoms with van der Waals surface area (Å²) in [5, 5.41) is 13.7. The highest BCUT2D eigenvalue weighted by molar-refractivity contribution is 6.52. The largest absolute Gasteiger partial charge is 0.326 e. The SMILES string of the molecule is CCCN(C(=O)CC#N)c1c(F)ccc(NC(=O)c2cc(NC(=O)C3CC3(Cl)Cl)ccc2Cl)c1F. The Morgan fingerprint density at radius 1 is 1.20 bits per heavy atom. The normalized spacial score (nSPS) is 15.6. The summed E-state index contributed by atoms with van der Waals surface area (Å²) in [7, 11) is 0. The van der Waals surface area contributed by atoms with Gasteiger partial charge in [-0.05, 0) is 43.2 Å². The minimum atomic E-state index is -1.19. The smallest absolute Gasteiger partial charge is 0.257 e. The van der Waals surface area contributed by atoms with Crippen molar-refractivity contribution < 1.29 is 23.2 Å². The van der Waals surface area contributed by atoms with E-state index in [-0.39, 0.29) is 22.8 Å². The van der Waals surface area contributed by atoms with Crippen LogP contribution in [0.5, 0.6) is 0 Å². The van der Waals surface area contributed by atoms with Crippen LogP contribution in [0.15, 0.2) is 30.3 Å². The van der Waals surface area contributed by atoms with Crippen molar-refractivity contribution in [3.05, 3.63) is 52.6 Å². The van der Waals surface area contributed by atoms with Gasteiger partial charge in [-0.25, -0.2) is 8.78 Å². The second kappa shape index (κ2) is 10.8. The highest BCUT2D eigenvalue weighted by Crippen LogP contribution is 2.53. The summed E-state index contributed by atoms with van der Waals surface area (Å²) in [5.74, 6) is -4.87. The van der Waals surface area contributed by atoms with Gasteiger partial charge in [0.2, 0.25) is 11.8 Å². The molecule has 2 aromatic rings. The maximum absolute atomic E-state index is 15.3. The van der Waals surface area contributed by atoms with Crippen molar-refractivity contribution in [3.63, 3.8) is 0 Å². The topological polar surface area (TPSA) is 102 Å². The molecule has 1 saturated carbocycles. The molecule has 7 nitrogen and oxygen atoms in total. The number of rotatable bonds is 8. The first-order valence-corrected chi connectivity index (χ1v) is 11.6. The Morgan fingerprint density at radius 2 is 1.89 bits per heavy atom. The van der Waals surface area contributed by atoms with Gasteiger partial charge >= 0.3 is 0 Å². The lowest BCUT2D eigenvalue weighted by atomic mass is 10.1. The summed E-state index contributed by atoms with van der Waals surface area (Å²) in [6, 6.07) is 7.66. The molecule has 1 atom stereocenters. The third-order valence-electron chi connectivity index (χ3n) is 5.18. The van der Waals surface area contributed by atoms with Crippen LogP contribution in [0.2, 0.25) is 5.02 Å². The van der Waals surface area contributed by atoms with Gasteiger partial charge in [0.05, 0.1) is 28.3 Å². The van der Waals surface area contributed by atoms with Gasteiger partial charge in [-0.1, -0.05) is 18.5 Å². The Hall–Kier alpha value is -2.93. The predicted molar refractivity (Wildman–Crippen MR) is 130 cm³/mol. The van der Waals surface area contributed by atoms with Gasteiger partial charge in [0.15, 0.2) is 5.82 Å². The van der Waals surface area contributed by atoms with Crippen LogP contribution in [-0.4, -0.2) is 28.6 Å². The number of anilines is 3. The van der Waals surface area contributed by atoms with Crippen molar-refractivity contribution in [2.75, 3.05) is 22.1 Å². The molecule has 35 heavy (non-hydrogen) atoms. The highest BCUT2D eigenvalue weighted by Gasteiger charge is 2.56. The van der Waals surface area contributed by atoms with E-state index in [2.05, 4.69) is 10.6 Å². The zero-order chi connectivity index (χ0) is 25.9. The summed E-state index contributed by atoms with van der Waals surface area (Å²) in [4.78, 5) is 38.2. The molecule has 0 heterocycles. The summed E-state index contributed by atoms with van der Waals surface area (Å²) in [5.41, 5.74) is -0.946. The van der Waals surface area contributed by atoms with E-state index in [1.165, 1.54) is 18.2 Å². The monoisotopic (exact) mass is 542 g/mol. The van der Waals surface area contributed by atoms with Gasteiger partial charge in [-0.15, -0.1) is 23.2 Å². The number of halogens is 5. The van der Waals surface area contributed by atoms with Crippen LogP contribution >= 0.6 is 34.8 Å². The van der Waals surface area contributed by atoms with E-state index in [9.17, 15) is 18.8 Å². The van der Waals surface area contributed by atoms with E-state index in [4.69, 9.17) is 40.1 Å². The second-order valence-corrected chi connectivity index (χ2v) is 9.74. The Labute approximate surface area is 214 Å². The van der Waals surface area contributed by atoms with Crippen LogP contribution < -0.4 is 15.5 Å². The number of alkyl halides is 2. The molecule has 2 aromatic carbocycles. The molecule has 0 spiro atoms. The number of carbonyl (C=O) groups excluding carboxylic acids is 3. The molecule has 1 unspecified atom stereocenters. The Morgan fingerprint density at radius 3 is 2.49 bits per heavy atom. The van der Waals surface area contributed by atoms with Gasteiger partial charge in [-0.3, -0.25) is 14.4 Å².